The first-order chi connectivity index (χ1) is 10.5. The lowest BCUT2D eigenvalue weighted by Crippen LogP contribution is -2.07. The second-order valence-corrected chi connectivity index (χ2v) is 6.62. The Hall–Kier alpha value is -1.49. The SMILES string of the molecule is CC(=O)O.[O-][S+](CCCc1ccccc1)c1ccc(Cl)cc1. The van der Waals surface area contributed by atoms with Crippen molar-refractivity contribution in [2.24, 2.45) is 0 Å². The van der Waals surface area contributed by atoms with Crippen LogP contribution in [0.5, 0.6) is 0 Å². The summed E-state index contributed by atoms with van der Waals surface area (Å²) in [6, 6.07) is 17.5. The lowest BCUT2D eigenvalue weighted by molar-refractivity contribution is -0.134. The summed E-state index contributed by atoms with van der Waals surface area (Å²) < 4.78 is 12.0. The fraction of sp³-hybridized carbons (Fsp3) is 0.235. The minimum Gasteiger partial charge on any atom is -0.611 e. The van der Waals surface area contributed by atoms with Crippen molar-refractivity contribution in [3.8, 4) is 0 Å². The third-order valence-electron chi connectivity index (χ3n) is 2.71. The predicted octanol–water partition coefficient (Wildman–Crippen LogP) is 4.17. The average Bonchev–Trinajstić information content (AvgIpc) is 2.48. The first-order valence-electron chi connectivity index (χ1n) is 6.86. The van der Waals surface area contributed by atoms with Crippen LogP contribution in [0.15, 0.2) is 59.5 Å². The van der Waals surface area contributed by atoms with Gasteiger partial charge in [-0.2, -0.15) is 0 Å². The molecule has 0 bridgehead atoms. The number of aryl methyl sites for hydroxylation is 1. The zero-order valence-corrected chi connectivity index (χ0v) is 13.9. The van der Waals surface area contributed by atoms with E-state index < -0.39 is 17.1 Å². The molecule has 0 saturated heterocycles. The van der Waals surface area contributed by atoms with Gasteiger partial charge in [-0.25, -0.2) is 0 Å². The van der Waals surface area contributed by atoms with Crippen LogP contribution in [0, 0.1) is 0 Å². The van der Waals surface area contributed by atoms with E-state index in [0.29, 0.717) is 10.8 Å². The van der Waals surface area contributed by atoms with Crippen molar-refractivity contribution in [1.82, 2.24) is 0 Å². The number of carboxylic acids is 1. The normalized spacial score (nSPS) is 11.2. The topological polar surface area (TPSA) is 60.4 Å². The summed E-state index contributed by atoms with van der Waals surface area (Å²) in [6.45, 7) is 1.08. The number of rotatable bonds is 5. The van der Waals surface area contributed by atoms with Crippen LogP contribution in [-0.4, -0.2) is 21.4 Å². The highest BCUT2D eigenvalue weighted by atomic mass is 35.5. The summed E-state index contributed by atoms with van der Waals surface area (Å²) in [4.78, 5) is 9.85. The monoisotopic (exact) mass is 338 g/mol. The van der Waals surface area contributed by atoms with Gasteiger partial charge < -0.3 is 9.66 Å². The van der Waals surface area contributed by atoms with E-state index in [4.69, 9.17) is 21.5 Å². The molecule has 0 spiro atoms. The molecule has 1 N–H and O–H groups in total. The Kier molecular flexibility index (Phi) is 8.67. The summed E-state index contributed by atoms with van der Waals surface area (Å²) >= 11 is 4.88. The molecule has 1 unspecified atom stereocenters. The standard InChI is InChI=1S/C15H15ClOS.C2H4O2/c16-14-8-10-15(11-9-14)18(17)12-4-7-13-5-2-1-3-6-13;1-2(3)4/h1-3,5-6,8-11H,4,7,12H2;1H3,(H,3,4). The molecule has 0 heterocycles. The van der Waals surface area contributed by atoms with Gasteiger partial charge in [0.25, 0.3) is 5.97 Å². The van der Waals surface area contributed by atoms with Crippen LogP contribution >= 0.6 is 11.6 Å². The van der Waals surface area contributed by atoms with E-state index in [2.05, 4.69) is 12.1 Å². The quantitative estimate of drug-likeness (QED) is 0.832. The van der Waals surface area contributed by atoms with Crippen molar-refractivity contribution >= 4 is 28.7 Å². The molecule has 2 aromatic carbocycles. The molecule has 0 aliphatic heterocycles. The molecule has 0 aliphatic rings. The second kappa shape index (κ2) is 10.3. The Morgan fingerprint density at radius 3 is 2.23 bits per heavy atom. The Labute approximate surface area is 139 Å². The number of benzene rings is 2. The summed E-state index contributed by atoms with van der Waals surface area (Å²) in [5.74, 6) is -0.142. The molecule has 2 rings (SSSR count). The molecule has 3 nitrogen and oxygen atoms in total. The van der Waals surface area contributed by atoms with Crippen molar-refractivity contribution < 1.29 is 14.5 Å². The smallest absolute Gasteiger partial charge is 0.300 e. The molecular weight excluding hydrogens is 320 g/mol. The van der Waals surface area contributed by atoms with Gasteiger partial charge in [0.15, 0.2) is 4.90 Å². The molecule has 0 radical (unpaired) electrons. The maximum Gasteiger partial charge on any atom is 0.300 e. The predicted molar refractivity (Wildman–Crippen MR) is 90.8 cm³/mol. The Balaban J connectivity index is 0.000000541. The van der Waals surface area contributed by atoms with E-state index in [1.165, 1.54) is 5.56 Å². The second-order valence-electron chi connectivity index (χ2n) is 4.61. The van der Waals surface area contributed by atoms with Gasteiger partial charge in [-0.1, -0.05) is 41.9 Å². The summed E-state index contributed by atoms with van der Waals surface area (Å²) in [5, 5.41) is 8.10. The van der Waals surface area contributed by atoms with E-state index in [-0.39, 0.29) is 0 Å². The van der Waals surface area contributed by atoms with E-state index in [1.54, 1.807) is 12.1 Å². The number of carbonyl (C=O) groups is 1. The molecule has 0 amide bonds. The molecule has 0 aromatic heterocycles. The Morgan fingerprint density at radius 2 is 1.68 bits per heavy atom. The first-order valence-corrected chi connectivity index (χ1v) is 8.56. The van der Waals surface area contributed by atoms with Crippen LogP contribution < -0.4 is 0 Å². The number of aliphatic carboxylic acids is 1. The molecule has 2 aromatic rings. The summed E-state index contributed by atoms with van der Waals surface area (Å²) in [5.41, 5.74) is 1.30. The highest BCUT2D eigenvalue weighted by Gasteiger charge is 2.09. The van der Waals surface area contributed by atoms with Gasteiger partial charge in [-0.3, -0.25) is 4.79 Å². The number of hydrogen-bond acceptors (Lipinski definition) is 2. The molecule has 0 saturated carbocycles. The highest BCUT2D eigenvalue weighted by Crippen LogP contribution is 2.16. The van der Waals surface area contributed by atoms with Gasteiger partial charge in [-0.15, -0.1) is 0 Å². The van der Waals surface area contributed by atoms with Crippen LogP contribution in [0.1, 0.15) is 18.9 Å². The van der Waals surface area contributed by atoms with Gasteiger partial charge >= 0.3 is 0 Å². The third kappa shape index (κ3) is 8.08. The van der Waals surface area contributed by atoms with Crippen LogP contribution in [0.3, 0.4) is 0 Å². The minimum atomic E-state index is -0.924. The summed E-state index contributed by atoms with van der Waals surface area (Å²) in [7, 11) is 0. The zero-order valence-electron chi connectivity index (χ0n) is 12.4. The number of halogens is 1. The Bertz CT molecular complexity index is 554. The van der Waals surface area contributed by atoms with Gasteiger partial charge in [-0.05, 0) is 53.8 Å². The third-order valence-corrected chi connectivity index (χ3v) is 4.42. The van der Waals surface area contributed by atoms with Gasteiger partial charge in [0, 0.05) is 11.9 Å². The lowest BCUT2D eigenvalue weighted by atomic mass is 10.1. The molecule has 1 atom stereocenters. The van der Waals surface area contributed by atoms with Crippen molar-refractivity contribution in [2.75, 3.05) is 5.75 Å². The van der Waals surface area contributed by atoms with E-state index >= 15 is 0 Å². The zero-order chi connectivity index (χ0) is 16.4. The van der Waals surface area contributed by atoms with Crippen LogP contribution in [0.2, 0.25) is 5.02 Å². The largest absolute Gasteiger partial charge is 0.611 e. The van der Waals surface area contributed by atoms with Crippen molar-refractivity contribution in [1.29, 1.82) is 0 Å². The van der Waals surface area contributed by atoms with Crippen LogP contribution in [-0.2, 0) is 22.4 Å². The fourth-order valence-corrected chi connectivity index (χ4v) is 2.96. The van der Waals surface area contributed by atoms with Gasteiger partial charge in [0.1, 0.15) is 5.75 Å². The maximum atomic E-state index is 12.0. The molecule has 0 fully saturated rings. The maximum absolute atomic E-state index is 12.0. The molecular formula is C17H19ClO3S. The average molecular weight is 339 g/mol. The minimum absolute atomic E-state index is 0.681. The molecule has 22 heavy (non-hydrogen) atoms. The molecule has 5 heteroatoms. The molecule has 0 aliphatic carbocycles. The van der Waals surface area contributed by atoms with E-state index in [1.807, 2.05) is 30.3 Å². The summed E-state index contributed by atoms with van der Waals surface area (Å²) in [6.07, 6.45) is 1.90. The fourth-order valence-electron chi connectivity index (χ4n) is 1.76. The Morgan fingerprint density at radius 1 is 1.14 bits per heavy atom. The first kappa shape index (κ1) is 18.6. The van der Waals surface area contributed by atoms with Gasteiger partial charge in [0.05, 0.1) is 0 Å². The highest BCUT2D eigenvalue weighted by molar-refractivity contribution is 7.91. The van der Waals surface area contributed by atoms with Crippen molar-refractivity contribution in [3.63, 3.8) is 0 Å². The van der Waals surface area contributed by atoms with Crippen molar-refractivity contribution in [2.45, 2.75) is 24.7 Å². The van der Waals surface area contributed by atoms with E-state index in [0.717, 1.165) is 24.7 Å². The van der Waals surface area contributed by atoms with E-state index in [9.17, 15) is 4.55 Å². The van der Waals surface area contributed by atoms with Crippen LogP contribution in [0.4, 0.5) is 0 Å². The van der Waals surface area contributed by atoms with Crippen LogP contribution in [0.25, 0.3) is 0 Å². The lowest BCUT2D eigenvalue weighted by Gasteiger charge is -2.10. The number of hydrogen-bond donors (Lipinski definition) is 1. The van der Waals surface area contributed by atoms with Crippen molar-refractivity contribution in [3.05, 3.63) is 65.2 Å². The molecule has 118 valence electrons. The number of carboxylic acid groups (broad SMARTS) is 1. The van der Waals surface area contributed by atoms with Gasteiger partial charge in [0.2, 0.25) is 0 Å².